The Balaban J connectivity index is 0.00000242. The fraction of sp³-hybridized carbons (Fsp3) is 0.562. The average Bonchev–Trinajstić information content (AvgIpc) is 2.80. The lowest BCUT2D eigenvalue weighted by Gasteiger charge is -2.22. The van der Waals surface area contributed by atoms with Gasteiger partial charge in [0.2, 0.25) is 5.91 Å². The number of nitrogens with two attached hydrogens (primary N) is 1. The number of nitrogens with zero attached hydrogens (tertiary/aromatic N) is 1. The van der Waals surface area contributed by atoms with Crippen molar-refractivity contribution in [1.82, 2.24) is 10.2 Å². The molecule has 0 aliphatic carbocycles. The third-order valence-corrected chi connectivity index (χ3v) is 4.22. The van der Waals surface area contributed by atoms with Crippen LogP contribution in [0.25, 0.3) is 0 Å². The molecule has 1 fully saturated rings. The van der Waals surface area contributed by atoms with Crippen molar-refractivity contribution in [2.45, 2.75) is 32.4 Å². The number of benzene rings is 1. The first-order chi connectivity index (χ1) is 9.99. The number of rotatable bonds is 5. The summed E-state index contributed by atoms with van der Waals surface area (Å²) >= 11 is 0. The standard InChI is InChI=1S/C16H24FN3O.ClH/c1-11-7-13(8-18)9-20(11)10-16(21)19-12(2)14-3-5-15(17)6-4-14;/h3-6,11-13H,7-10,18H2,1-2H3,(H,19,21);1H. The molecule has 0 aromatic heterocycles. The highest BCUT2D eigenvalue weighted by Gasteiger charge is 2.29. The number of amides is 1. The van der Waals surface area contributed by atoms with Gasteiger partial charge >= 0.3 is 0 Å². The second-order valence-corrected chi connectivity index (χ2v) is 5.96. The first-order valence-electron chi connectivity index (χ1n) is 7.48. The maximum absolute atomic E-state index is 12.9. The van der Waals surface area contributed by atoms with Crippen molar-refractivity contribution < 1.29 is 9.18 Å². The maximum atomic E-state index is 12.9. The van der Waals surface area contributed by atoms with E-state index in [1.165, 1.54) is 12.1 Å². The van der Waals surface area contributed by atoms with E-state index in [0.29, 0.717) is 25.0 Å². The lowest BCUT2D eigenvalue weighted by molar-refractivity contribution is -0.123. The van der Waals surface area contributed by atoms with Gasteiger partial charge in [-0.15, -0.1) is 12.4 Å². The summed E-state index contributed by atoms with van der Waals surface area (Å²) in [6.07, 6.45) is 1.05. The highest BCUT2D eigenvalue weighted by Crippen LogP contribution is 2.21. The molecule has 3 unspecified atom stereocenters. The molecular formula is C16H25ClFN3O. The van der Waals surface area contributed by atoms with Crippen LogP contribution < -0.4 is 11.1 Å². The Morgan fingerprint density at radius 3 is 2.64 bits per heavy atom. The van der Waals surface area contributed by atoms with E-state index >= 15 is 0 Å². The highest BCUT2D eigenvalue weighted by molar-refractivity contribution is 5.85. The summed E-state index contributed by atoms with van der Waals surface area (Å²) in [6, 6.07) is 6.48. The monoisotopic (exact) mass is 329 g/mol. The summed E-state index contributed by atoms with van der Waals surface area (Å²) in [5, 5.41) is 2.96. The third kappa shape index (κ3) is 4.93. The molecule has 1 aliphatic heterocycles. The molecule has 1 saturated heterocycles. The fourth-order valence-electron chi connectivity index (χ4n) is 2.92. The van der Waals surface area contributed by atoms with E-state index in [9.17, 15) is 9.18 Å². The maximum Gasteiger partial charge on any atom is 0.234 e. The molecule has 3 atom stereocenters. The number of likely N-dealkylation sites (tertiary alicyclic amines) is 1. The number of carbonyl (C=O) groups is 1. The zero-order chi connectivity index (χ0) is 15.4. The van der Waals surface area contributed by atoms with Crippen molar-refractivity contribution in [2.24, 2.45) is 11.7 Å². The minimum atomic E-state index is -0.268. The topological polar surface area (TPSA) is 58.4 Å². The molecule has 22 heavy (non-hydrogen) atoms. The van der Waals surface area contributed by atoms with Gasteiger partial charge in [-0.2, -0.15) is 0 Å². The zero-order valence-electron chi connectivity index (χ0n) is 13.1. The van der Waals surface area contributed by atoms with Crippen LogP contribution in [-0.4, -0.2) is 36.5 Å². The number of carbonyl (C=O) groups excluding carboxylic acids is 1. The molecule has 3 N–H and O–H groups in total. The number of halogens is 2. The van der Waals surface area contributed by atoms with Crippen LogP contribution in [0.1, 0.15) is 31.9 Å². The smallest absolute Gasteiger partial charge is 0.234 e. The van der Waals surface area contributed by atoms with Crippen molar-refractivity contribution in [3.63, 3.8) is 0 Å². The van der Waals surface area contributed by atoms with E-state index in [1.54, 1.807) is 12.1 Å². The van der Waals surface area contributed by atoms with Crippen LogP contribution in [0.3, 0.4) is 0 Å². The van der Waals surface area contributed by atoms with Crippen molar-refractivity contribution in [3.8, 4) is 0 Å². The van der Waals surface area contributed by atoms with Crippen LogP contribution in [0.15, 0.2) is 24.3 Å². The van der Waals surface area contributed by atoms with Crippen LogP contribution in [0.5, 0.6) is 0 Å². The molecule has 0 radical (unpaired) electrons. The predicted molar refractivity (Wildman–Crippen MR) is 88.4 cm³/mol. The van der Waals surface area contributed by atoms with Gasteiger partial charge in [0.05, 0.1) is 12.6 Å². The first kappa shape index (κ1) is 18.9. The van der Waals surface area contributed by atoms with Crippen molar-refractivity contribution in [1.29, 1.82) is 0 Å². The summed E-state index contributed by atoms with van der Waals surface area (Å²) in [5.41, 5.74) is 6.60. The molecule has 1 aromatic carbocycles. The Bertz CT molecular complexity index is 483. The SMILES string of the molecule is CC(NC(=O)CN1CC(CN)CC1C)c1ccc(F)cc1.Cl. The van der Waals surface area contributed by atoms with Gasteiger partial charge in [0.15, 0.2) is 0 Å². The zero-order valence-corrected chi connectivity index (χ0v) is 13.9. The Hall–Kier alpha value is -1.17. The molecule has 0 bridgehead atoms. The third-order valence-electron chi connectivity index (χ3n) is 4.22. The minimum absolute atomic E-state index is 0. The Labute approximate surface area is 137 Å². The highest BCUT2D eigenvalue weighted by atomic mass is 35.5. The van der Waals surface area contributed by atoms with Crippen LogP contribution in [0, 0.1) is 11.7 Å². The fourth-order valence-corrected chi connectivity index (χ4v) is 2.92. The van der Waals surface area contributed by atoms with Gasteiger partial charge in [0.1, 0.15) is 5.82 Å². The average molecular weight is 330 g/mol. The van der Waals surface area contributed by atoms with Gasteiger partial charge < -0.3 is 11.1 Å². The molecule has 1 aromatic rings. The Morgan fingerprint density at radius 2 is 2.09 bits per heavy atom. The van der Waals surface area contributed by atoms with Crippen molar-refractivity contribution in [2.75, 3.05) is 19.6 Å². The van der Waals surface area contributed by atoms with E-state index in [2.05, 4.69) is 17.1 Å². The normalized spacial score (nSPS) is 22.9. The molecule has 0 spiro atoms. The van der Waals surface area contributed by atoms with E-state index in [-0.39, 0.29) is 30.2 Å². The summed E-state index contributed by atoms with van der Waals surface area (Å²) in [6.45, 7) is 5.99. The first-order valence-corrected chi connectivity index (χ1v) is 7.48. The van der Waals surface area contributed by atoms with Crippen molar-refractivity contribution in [3.05, 3.63) is 35.6 Å². The van der Waals surface area contributed by atoms with Gasteiger partial charge in [-0.1, -0.05) is 12.1 Å². The molecule has 124 valence electrons. The number of nitrogens with one attached hydrogen (secondary N) is 1. The van der Waals surface area contributed by atoms with E-state index in [1.807, 2.05) is 6.92 Å². The minimum Gasteiger partial charge on any atom is -0.348 e. The molecule has 0 saturated carbocycles. The lowest BCUT2D eigenvalue weighted by atomic mass is 10.1. The van der Waals surface area contributed by atoms with E-state index in [0.717, 1.165) is 18.5 Å². The van der Waals surface area contributed by atoms with E-state index < -0.39 is 0 Å². The van der Waals surface area contributed by atoms with Crippen molar-refractivity contribution >= 4 is 18.3 Å². The lowest BCUT2D eigenvalue weighted by Crippen LogP contribution is -2.40. The summed E-state index contributed by atoms with van der Waals surface area (Å²) < 4.78 is 12.9. The van der Waals surface area contributed by atoms with Gasteiger partial charge in [0.25, 0.3) is 0 Å². The second kappa shape index (κ2) is 8.46. The van der Waals surface area contributed by atoms with Gasteiger partial charge in [-0.3, -0.25) is 9.69 Å². The predicted octanol–water partition coefficient (Wildman–Crippen LogP) is 2.09. The molecule has 1 aliphatic rings. The van der Waals surface area contributed by atoms with E-state index in [4.69, 9.17) is 5.73 Å². The number of hydrogen-bond acceptors (Lipinski definition) is 3. The molecular weight excluding hydrogens is 305 g/mol. The van der Waals surface area contributed by atoms with Crippen LogP contribution in [-0.2, 0) is 4.79 Å². The molecule has 1 amide bonds. The van der Waals surface area contributed by atoms with Crippen LogP contribution in [0.2, 0.25) is 0 Å². The van der Waals surface area contributed by atoms with Crippen LogP contribution >= 0.6 is 12.4 Å². The molecule has 4 nitrogen and oxygen atoms in total. The molecule has 6 heteroatoms. The van der Waals surface area contributed by atoms with Crippen LogP contribution in [0.4, 0.5) is 4.39 Å². The molecule has 2 rings (SSSR count). The quantitative estimate of drug-likeness (QED) is 0.869. The summed E-state index contributed by atoms with van der Waals surface area (Å²) in [4.78, 5) is 14.3. The van der Waals surface area contributed by atoms with Gasteiger partial charge in [-0.05, 0) is 50.4 Å². The largest absolute Gasteiger partial charge is 0.348 e. The molecule has 1 heterocycles. The Kier molecular flexibility index (Phi) is 7.26. The van der Waals surface area contributed by atoms with Gasteiger partial charge in [0, 0.05) is 12.6 Å². The second-order valence-electron chi connectivity index (χ2n) is 5.96. The summed E-state index contributed by atoms with van der Waals surface area (Å²) in [7, 11) is 0. The van der Waals surface area contributed by atoms with Gasteiger partial charge in [-0.25, -0.2) is 4.39 Å². The summed E-state index contributed by atoms with van der Waals surface area (Å²) in [5.74, 6) is 0.217. The number of hydrogen-bond donors (Lipinski definition) is 2. The Morgan fingerprint density at radius 1 is 1.45 bits per heavy atom.